The van der Waals surface area contributed by atoms with Crippen LogP contribution in [-0.2, 0) is 6.54 Å². The molecule has 11 nitrogen and oxygen atoms in total. The maximum atomic E-state index is 10.4. The van der Waals surface area contributed by atoms with Gasteiger partial charge in [0.15, 0.2) is 22.5 Å². The van der Waals surface area contributed by atoms with Crippen LogP contribution in [0.3, 0.4) is 0 Å². The fourth-order valence-corrected chi connectivity index (χ4v) is 2.81. The number of hydrogen-bond donors (Lipinski definition) is 3. The lowest BCUT2D eigenvalue weighted by molar-refractivity contribution is 0.194. The number of aromatic nitrogens is 5. The van der Waals surface area contributed by atoms with Gasteiger partial charge in [-0.05, 0) is 30.1 Å². The zero-order valence-electron chi connectivity index (χ0n) is 14.5. The Morgan fingerprint density at radius 3 is 2.89 bits per heavy atom. The number of amides is 1. The van der Waals surface area contributed by atoms with E-state index in [0.29, 0.717) is 55.5 Å². The number of pyridine rings is 1. The van der Waals surface area contributed by atoms with E-state index in [-0.39, 0.29) is 11.0 Å². The monoisotopic (exact) mass is 395 g/mol. The minimum atomic E-state index is -1.04. The smallest absolute Gasteiger partial charge is 0.404 e. The summed E-state index contributed by atoms with van der Waals surface area (Å²) < 4.78 is 12.2. The first-order chi connectivity index (χ1) is 13.0. The lowest BCUT2D eigenvalue weighted by Gasteiger charge is -2.08. The van der Waals surface area contributed by atoms with Gasteiger partial charge in [-0.25, -0.2) is 14.4 Å². The van der Waals surface area contributed by atoms with Crippen molar-refractivity contribution in [1.29, 1.82) is 0 Å². The molecule has 0 bridgehead atoms. The van der Waals surface area contributed by atoms with Crippen molar-refractivity contribution in [2.45, 2.75) is 26.3 Å². The van der Waals surface area contributed by atoms with Crippen LogP contribution in [0.4, 0.5) is 10.6 Å². The first-order valence-corrected chi connectivity index (χ1v) is 8.63. The second kappa shape index (κ2) is 8.08. The molecule has 144 valence electrons. The molecule has 12 heteroatoms. The second-order valence-electron chi connectivity index (χ2n) is 5.58. The summed E-state index contributed by atoms with van der Waals surface area (Å²) in [6.07, 6.45) is 0.274. The Hall–Kier alpha value is -3.08. The van der Waals surface area contributed by atoms with Crippen molar-refractivity contribution in [1.82, 2.24) is 30.2 Å². The number of carbonyl (C=O) groups is 1. The number of halogens is 1. The van der Waals surface area contributed by atoms with E-state index in [1.807, 2.05) is 11.5 Å². The van der Waals surface area contributed by atoms with Gasteiger partial charge in [0, 0.05) is 19.2 Å². The van der Waals surface area contributed by atoms with Crippen LogP contribution in [0.15, 0.2) is 10.7 Å². The molecule has 0 atom stereocenters. The molecule has 0 aliphatic carbocycles. The van der Waals surface area contributed by atoms with Crippen molar-refractivity contribution in [3.63, 3.8) is 0 Å². The van der Waals surface area contributed by atoms with Gasteiger partial charge < -0.3 is 25.5 Å². The van der Waals surface area contributed by atoms with Crippen molar-refractivity contribution in [3.05, 3.63) is 11.2 Å². The highest BCUT2D eigenvalue weighted by Crippen LogP contribution is 2.31. The first kappa shape index (κ1) is 18.7. The van der Waals surface area contributed by atoms with Crippen LogP contribution in [0, 0.1) is 0 Å². The van der Waals surface area contributed by atoms with Gasteiger partial charge in [-0.3, -0.25) is 0 Å². The van der Waals surface area contributed by atoms with Crippen LogP contribution in [0.25, 0.3) is 22.6 Å². The molecule has 0 aromatic carbocycles. The molecule has 0 spiro atoms. The highest BCUT2D eigenvalue weighted by atomic mass is 35.5. The van der Waals surface area contributed by atoms with Gasteiger partial charge in [0.05, 0.1) is 12.1 Å². The van der Waals surface area contributed by atoms with E-state index < -0.39 is 6.09 Å². The molecule has 0 fully saturated rings. The van der Waals surface area contributed by atoms with Crippen LogP contribution in [0.2, 0.25) is 5.15 Å². The van der Waals surface area contributed by atoms with Gasteiger partial charge in [-0.15, -0.1) is 0 Å². The first-order valence-electron chi connectivity index (χ1n) is 8.26. The topological polar surface area (TPSA) is 154 Å². The average Bonchev–Trinajstić information content (AvgIpc) is 3.20. The molecule has 0 unspecified atom stereocenters. The predicted octanol–water partition coefficient (Wildman–Crippen LogP) is 2.16. The molecule has 3 aromatic rings. The number of carboxylic acid groups (broad SMARTS) is 1. The number of nitrogens with zero attached hydrogens (tertiary/aromatic N) is 5. The Balaban J connectivity index is 1.79. The van der Waals surface area contributed by atoms with Crippen molar-refractivity contribution in [3.8, 4) is 17.4 Å². The number of rotatable bonds is 8. The van der Waals surface area contributed by atoms with Gasteiger partial charge in [0.2, 0.25) is 5.88 Å². The minimum Gasteiger partial charge on any atom is -0.478 e. The molecule has 0 radical (unpaired) electrons. The molecule has 4 N–H and O–H groups in total. The Bertz CT molecular complexity index is 955. The normalized spacial score (nSPS) is 11.0. The molecular formula is C15H18ClN7O4. The standard InChI is InChI=1S/C15H18ClN7O4/c1-2-23-8-7-9(26-6-4-3-5-18-15(24)25)19-12(16)10(8)20-14(23)11-13(17)22-27-21-11/h7,18H,2-6H2,1H3,(H2,17,22)(H,24,25). The molecule has 3 rings (SSSR count). The van der Waals surface area contributed by atoms with Crippen LogP contribution >= 0.6 is 11.6 Å². The van der Waals surface area contributed by atoms with E-state index in [2.05, 4.69) is 30.2 Å². The summed E-state index contributed by atoms with van der Waals surface area (Å²) in [6.45, 7) is 3.27. The van der Waals surface area contributed by atoms with E-state index in [1.54, 1.807) is 6.07 Å². The molecule has 3 aromatic heterocycles. The number of ether oxygens (including phenoxy) is 1. The summed E-state index contributed by atoms with van der Waals surface area (Å²) in [4.78, 5) is 19.1. The highest BCUT2D eigenvalue weighted by Gasteiger charge is 2.21. The number of fused-ring (bicyclic) bond motifs is 1. The third-order valence-corrected chi connectivity index (χ3v) is 4.07. The maximum absolute atomic E-state index is 10.4. The van der Waals surface area contributed by atoms with E-state index in [4.69, 9.17) is 27.2 Å². The lowest BCUT2D eigenvalue weighted by atomic mass is 10.3. The van der Waals surface area contributed by atoms with E-state index >= 15 is 0 Å². The number of aryl methyl sites for hydroxylation is 1. The number of nitrogens with two attached hydrogens (primary N) is 1. The Morgan fingerprint density at radius 1 is 1.41 bits per heavy atom. The van der Waals surface area contributed by atoms with Crippen molar-refractivity contribution < 1.29 is 19.3 Å². The van der Waals surface area contributed by atoms with Crippen molar-refractivity contribution >= 4 is 34.5 Å². The number of imidazole rings is 1. The molecule has 27 heavy (non-hydrogen) atoms. The summed E-state index contributed by atoms with van der Waals surface area (Å²) >= 11 is 6.27. The van der Waals surface area contributed by atoms with Gasteiger partial charge >= 0.3 is 6.09 Å². The fraction of sp³-hybridized carbons (Fsp3) is 0.400. The molecule has 0 aliphatic rings. The van der Waals surface area contributed by atoms with Crippen LogP contribution in [-0.4, -0.2) is 49.2 Å². The summed E-state index contributed by atoms with van der Waals surface area (Å²) in [5.41, 5.74) is 7.32. The van der Waals surface area contributed by atoms with Gasteiger partial charge in [-0.1, -0.05) is 11.6 Å². The molecule has 0 aliphatic heterocycles. The minimum absolute atomic E-state index is 0.135. The van der Waals surface area contributed by atoms with Gasteiger partial charge in [0.1, 0.15) is 5.52 Å². The van der Waals surface area contributed by atoms with Crippen molar-refractivity contribution in [2.24, 2.45) is 0 Å². The van der Waals surface area contributed by atoms with Crippen LogP contribution in [0.5, 0.6) is 5.88 Å². The number of nitrogen functional groups attached to an aromatic ring is 1. The van der Waals surface area contributed by atoms with Gasteiger partial charge in [0.25, 0.3) is 0 Å². The highest BCUT2D eigenvalue weighted by molar-refractivity contribution is 6.33. The van der Waals surface area contributed by atoms with E-state index in [9.17, 15) is 4.79 Å². The third-order valence-electron chi connectivity index (χ3n) is 3.81. The number of hydrogen-bond acceptors (Lipinski definition) is 8. The number of unbranched alkanes of at least 4 members (excludes halogenated alkanes) is 1. The summed E-state index contributed by atoms with van der Waals surface area (Å²) in [5.74, 6) is 0.966. The summed E-state index contributed by atoms with van der Waals surface area (Å²) in [7, 11) is 0. The largest absolute Gasteiger partial charge is 0.478 e. The third kappa shape index (κ3) is 4.03. The quantitative estimate of drug-likeness (QED) is 0.384. The Morgan fingerprint density at radius 2 is 2.22 bits per heavy atom. The zero-order valence-corrected chi connectivity index (χ0v) is 15.2. The van der Waals surface area contributed by atoms with Crippen LogP contribution < -0.4 is 15.8 Å². The molecular weight excluding hydrogens is 378 g/mol. The molecule has 1 amide bonds. The molecule has 0 saturated heterocycles. The summed E-state index contributed by atoms with van der Waals surface area (Å²) in [5, 5.41) is 18.4. The van der Waals surface area contributed by atoms with E-state index in [0.717, 1.165) is 5.52 Å². The number of anilines is 1. The average molecular weight is 396 g/mol. The van der Waals surface area contributed by atoms with E-state index in [1.165, 1.54) is 0 Å². The second-order valence-corrected chi connectivity index (χ2v) is 5.94. The Labute approximate surface area is 158 Å². The zero-order chi connectivity index (χ0) is 19.4. The molecule has 0 saturated carbocycles. The van der Waals surface area contributed by atoms with Gasteiger partial charge in [-0.2, -0.15) is 4.98 Å². The Kier molecular flexibility index (Phi) is 5.60. The maximum Gasteiger partial charge on any atom is 0.404 e. The summed E-state index contributed by atoms with van der Waals surface area (Å²) in [6, 6.07) is 1.74. The lowest BCUT2D eigenvalue weighted by Crippen LogP contribution is -2.22. The fourth-order valence-electron chi connectivity index (χ4n) is 2.59. The number of nitrogens with one attached hydrogen (secondary N) is 1. The predicted molar refractivity (Wildman–Crippen MR) is 96.7 cm³/mol. The SMILES string of the molecule is CCn1c(-c2nonc2N)nc2c(Cl)nc(OCCCCNC(=O)O)cc21. The van der Waals surface area contributed by atoms with Crippen molar-refractivity contribution in [2.75, 3.05) is 18.9 Å². The van der Waals surface area contributed by atoms with Crippen LogP contribution in [0.1, 0.15) is 19.8 Å². The molecule has 3 heterocycles.